The van der Waals surface area contributed by atoms with Crippen molar-refractivity contribution in [3.8, 4) is 12.8 Å². The Kier molecular flexibility index (Phi) is 23.2. The van der Waals surface area contributed by atoms with Crippen molar-refractivity contribution in [2.24, 2.45) is 0 Å². The molecule has 0 spiro atoms. The van der Waals surface area contributed by atoms with Crippen molar-refractivity contribution < 1.29 is 52.0 Å². The first-order chi connectivity index (χ1) is 20.9. The van der Waals surface area contributed by atoms with Crippen molar-refractivity contribution in [1.82, 2.24) is 19.5 Å². The zero-order chi connectivity index (χ0) is 34.5. The van der Waals surface area contributed by atoms with E-state index in [1.165, 1.54) is 13.0 Å². The van der Waals surface area contributed by atoms with Crippen molar-refractivity contribution in [2.45, 2.75) is 79.4 Å². The van der Waals surface area contributed by atoms with Crippen molar-refractivity contribution in [1.29, 1.82) is 0 Å². The number of rotatable bonds is 7. The second-order valence-electron chi connectivity index (χ2n) is 8.42. The molecule has 0 aliphatic carbocycles. The van der Waals surface area contributed by atoms with Gasteiger partial charge < -0.3 is 10.2 Å². The van der Waals surface area contributed by atoms with E-state index in [0.717, 1.165) is 42.8 Å². The van der Waals surface area contributed by atoms with E-state index in [9.17, 15) is 23.9 Å². The average Bonchev–Trinajstić information content (AvgIpc) is 3.38. The summed E-state index contributed by atoms with van der Waals surface area (Å²) in [4.78, 5) is 6.48. The quantitative estimate of drug-likeness (QED) is 0.130. The van der Waals surface area contributed by atoms with Crippen LogP contribution in [0.15, 0.2) is 65.4 Å². The van der Waals surface area contributed by atoms with Gasteiger partial charge in [0.15, 0.2) is 0 Å². The van der Waals surface area contributed by atoms with E-state index in [-0.39, 0.29) is 24.5 Å². The van der Waals surface area contributed by atoms with E-state index in [0.29, 0.717) is 11.5 Å². The number of piperidine rings is 1. The second kappa shape index (κ2) is 23.5. The van der Waals surface area contributed by atoms with Gasteiger partial charge in [-0.2, -0.15) is 19.2 Å². The van der Waals surface area contributed by atoms with Crippen LogP contribution in [0.5, 0.6) is 0 Å². The Hall–Kier alpha value is -2.83. The number of nitrogens with zero attached hydrogens (tertiary/aromatic N) is 4. The predicted octanol–water partition coefficient (Wildman–Crippen LogP) is 9.95. The molecule has 1 atom stereocenters. The number of aromatic nitrogens is 3. The predicted molar refractivity (Wildman–Crippen MR) is 163 cm³/mol. The molecular weight excluding hydrogens is 813 g/mol. The van der Waals surface area contributed by atoms with Crippen molar-refractivity contribution in [2.75, 3.05) is 18.9 Å². The van der Waals surface area contributed by atoms with Gasteiger partial charge in [0.05, 0.1) is 11.6 Å². The molecule has 1 aliphatic rings. The first kappa shape index (κ1) is 43.3. The molecule has 0 saturated carbocycles. The van der Waals surface area contributed by atoms with Gasteiger partial charge in [0.1, 0.15) is 11.6 Å². The number of alkyl halides is 3. The van der Waals surface area contributed by atoms with Crippen LogP contribution in [-0.2, 0) is 0 Å². The number of likely N-dealkylation sites (N-methyl/N-ethyl adjacent to an activating group) is 1. The van der Waals surface area contributed by atoms with Gasteiger partial charge >= 0.3 is 40.6 Å². The Morgan fingerprint density at radius 2 is 1.77 bits per heavy atom. The summed E-state index contributed by atoms with van der Waals surface area (Å²) in [7, 11) is 1.92. The molecule has 3 heterocycles. The van der Waals surface area contributed by atoms with Gasteiger partial charge in [-0.25, -0.2) is 21.4 Å². The molecule has 0 bridgehead atoms. The number of terminal acetylenes is 1. The summed E-state index contributed by atoms with van der Waals surface area (Å²) in [5, 5.41) is 7.74. The number of hydrogen-bond donors (Lipinski definition) is 1. The maximum absolute atomic E-state index is 14.6. The first-order valence-electron chi connectivity index (χ1n) is 14.2. The Morgan fingerprint density at radius 3 is 2.30 bits per heavy atom. The maximum atomic E-state index is 14.6. The van der Waals surface area contributed by atoms with Crippen molar-refractivity contribution >= 4 is 11.3 Å². The van der Waals surface area contributed by atoms with E-state index >= 15 is 0 Å². The van der Waals surface area contributed by atoms with Crippen LogP contribution in [0.25, 0.3) is 5.52 Å². The van der Waals surface area contributed by atoms with Crippen LogP contribution in [0, 0.1) is 47.9 Å². The summed E-state index contributed by atoms with van der Waals surface area (Å²) in [6.45, 7) is 15.7. The summed E-state index contributed by atoms with van der Waals surface area (Å²) >= 11 is -5.23. The van der Waals surface area contributed by atoms with E-state index in [1.54, 1.807) is 29.9 Å². The molecular formula is C31H44F7N5U-. The van der Waals surface area contributed by atoms with E-state index in [1.807, 2.05) is 45.7 Å². The number of nitrogens with one attached hydrogen (secondary N) is 1. The van der Waals surface area contributed by atoms with Gasteiger partial charge in [0.2, 0.25) is 0 Å². The summed E-state index contributed by atoms with van der Waals surface area (Å²) in [5.41, 5.74) is 1.42. The third-order valence-corrected chi connectivity index (χ3v) is 5.71. The third-order valence-electron chi connectivity index (χ3n) is 5.71. The topological polar surface area (TPSA) is 45.5 Å². The first-order valence-corrected chi connectivity index (χ1v) is 18.9. The minimum atomic E-state index is -5.23. The fourth-order valence-electron chi connectivity index (χ4n) is 4.06. The van der Waals surface area contributed by atoms with Gasteiger partial charge in [0, 0.05) is 37.2 Å². The summed E-state index contributed by atoms with van der Waals surface area (Å²) in [6.07, 6.45) is 13.8. The normalized spacial score (nSPS) is 16.3. The molecule has 3 rings (SSSR count). The molecule has 1 unspecified atom stereocenters. The number of allylic oxidation sites excluding steroid dienone is 7. The standard InChI is InChI=1S/C25H30F4N5.2C2H6.C2H2.3FH.U/c1-5-8-19(25(27,28)29)16-18(20(26)6-2)10-11-22-21(9-7-13-33(22)4)31-24-23-15-17(3)32-34(23)14-12-30-24;3*1-2;;;;/h6,8,11-12,14-16,21H,3,5,7,9-10,13H2,1-2,4H3,(H,30,31);2*1-2H3;1-2H;3*1H;/q-1;;;;;;;+3/p-3/b18-16-,19-8-,20-6+,22-11-;;;;;;;. The molecule has 0 amide bonds. The van der Waals surface area contributed by atoms with Crippen LogP contribution >= 0.6 is 0 Å². The number of fused-ring (bicyclic) bond motifs is 1. The van der Waals surface area contributed by atoms with Crippen LogP contribution in [0.2, 0.25) is 0 Å². The van der Waals surface area contributed by atoms with Gasteiger partial charge in [-0.15, -0.1) is 12.8 Å². The summed E-state index contributed by atoms with van der Waals surface area (Å²) in [5.74, 6) is -0.0310. The van der Waals surface area contributed by atoms with Crippen LogP contribution < -0.4 is 5.32 Å². The molecule has 44 heavy (non-hydrogen) atoms. The third kappa shape index (κ3) is 15.3. The molecule has 247 valence electrons. The summed E-state index contributed by atoms with van der Waals surface area (Å²) in [6, 6.07) is 1.69. The van der Waals surface area contributed by atoms with Crippen molar-refractivity contribution in [3.05, 3.63) is 78.1 Å². The summed E-state index contributed by atoms with van der Waals surface area (Å²) < 4.78 is 86.2. The van der Waals surface area contributed by atoms with Crippen LogP contribution in [-0.4, -0.2) is 45.3 Å². The Bertz CT molecular complexity index is 1230. The fraction of sp³-hybridized carbons (Fsp3) is 0.452. The van der Waals surface area contributed by atoms with Crippen LogP contribution in [0.3, 0.4) is 0 Å². The molecule has 1 aliphatic heterocycles. The van der Waals surface area contributed by atoms with Crippen molar-refractivity contribution in [3.63, 3.8) is 0 Å². The van der Waals surface area contributed by atoms with Gasteiger partial charge in [-0.1, -0.05) is 58.5 Å². The molecule has 1 fully saturated rings. The minimum absolute atomic E-state index is 0.0116. The average molecular weight is 858 g/mol. The van der Waals surface area contributed by atoms with Gasteiger partial charge in [-0.05, 0) is 44.3 Å². The van der Waals surface area contributed by atoms with E-state index in [4.69, 9.17) is 0 Å². The Balaban J connectivity index is 0. The van der Waals surface area contributed by atoms with Gasteiger partial charge in [-0.3, -0.25) is 4.52 Å². The molecule has 2 aromatic rings. The van der Waals surface area contributed by atoms with E-state index in [2.05, 4.69) is 35.2 Å². The number of likely N-dealkylation sites (tertiary alicyclic amines) is 1. The monoisotopic (exact) mass is 857 g/mol. The second-order valence-corrected chi connectivity index (χ2v) is 10.2. The number of hydrogen-bond acceptors (Lipinski definition) is 4. The van der Waals surface area contributed by atoms with Crippen LogP contribution in [0.4, 0.5) is 29.7 Å². The zero-order valence-corrected chi connectivity index (χ0v) is 30.6. The van der Waals surface area contributed by atoms with Gasteiger partial charge in [0.25, 0.3) is 0 Å². The molecule has 2 aromatic heterocycles. The van der Waals surface area contributed by atoms with E-state index < -0.39 is 45.7 Å². The zero-order valence-electron chi connectivity index (χ0n) is 26.5. The number of halogens is 7. The molecule has 0 aromatic carbocycles. The molecule has 13 heteroatoms. The molecule has 1 saturated heterocycles. The molecule has 5 nitrogen and oxygen atoms in total. The number of anilines is 1. The molecule has 1 N–H and O–H groups in total. The Morgan fingerprint density at radius 1 is 1.18 bits per heavy atom. The van der Waals surface area contributed by atoms with Crippen LogP contribution in [0.1, 0.15) is 72.9 Å². The SMILES string of the molecule is C#C.CC.CC.[CH2-]c1cc2c(NC3CCCN(C)/C3=C\CC(=C/C(=C/CC)C(F)(F)F)/C(F)=C\C)nccn2n1.[F][U]([F])[F]. The fourth-order valence-corrected chi connectivity index (χ4v) is 4.06. The Labute approximate surface area is 271 Å². The molecule has 0 radical (unpaired) electrons.